The summed E-state index contributed by atoms with van der Waals surface area (Å²) in [5.41, 5.74) is 1.26. The van der Waals surface area contributed by atoms with Gasteiger partial charge in [0.25, 0.3) is 5.91 Å². The van der Waals surface area contributed by atoms with E-state index in [1.54, 1.807) is 42.5 Å². The first-order valence-corrected chi connectivity index (χ1v) is 8.39. The van der Waals surface area contributed by atoms with Crippen molar-refractivity contribution < 1.29 is 14.3 Å². The lowest BCUT2D eigenvalue weighted by molar-refractivity contribution is -0.119. The molecule has 0 saturated heterocycles. The lowest BCUT2D eigenvalue weighted by Gasteiger charge is -2.10. The lowest BCUT2D eigenvalue weighted by Crippen LogP contribution is -2.20. The summed E-state index contributed by atoms with van der Waals surface area (Å²) in [7, 11) is 0. The molecule has 2 aromatic rings. The summed E-state index contributed by atoms with van der Waals surface area (Å²) in [6.45, 7) is 3.45. The van der Waals surface area contributed by atoms with E-state index in [9.17, 15) is 9.59 Å². The molecular weight excluding hydrogens is 363 g/mol. The highest BCUT2D eigenvalue weighted by Gasteiger charge is 2.09. The summed E-state index contributed by atoms with van der Waals surface area (Å²) in [5, 5.41) is 6.31. The number of ether oxygens (including phenoxy) is 1. The summed E-state index contributed by atoms with van der Waals surface area (Å²) < 4.78 is 5.37. The van der Waals surface area contributed by atoms with E-state index in [2.05, 4.69) is 10.6 Å². The summed E-state index contributed by atoms with van der Waals surface area (Å²) in [4.78, 5) is 23.6. The Hall–Kier alpha value is -2.24. The largest absolute Gasteiger partial charge is 0.482 e. The molecule has 0 heterocycles. The van der Waals surface area contributed by atoms with Crippen LogP contribution in [0.2, 0.25) is 10.0 Å². The third-order valence-electron chi connectivity index (χ3n) is 3.21. The molecule has 5 nitrogen and oxygen atoms in total. The van der Waals surface area contributed by atoms with E-state index in [0.717, 1.165) is 0 Å². The van der Waals surface area contributed by atoms with Gasteiger partial charge in [-0.2, -0.15) is 0 Å². The average Bonchev–Trinajstić information content (AvgIpc) is 2.55. The number of anilines is 2. The Morgan fingerprint density at radius 1 is 1.00 bits per heavy atom. The van der Waals surface area contributed by atoms with Crippen molar-refractivity contribution in [1.82, 2.24) is 0 Å². The van der Waals surface area contributed by atoms with Crippen LogP contribution in [0.1, 0.15) is 13.8 Å². The third kappa shape index (κ3) is 5.96. The number of halogens is 2. The maximum atomic E-state index is 11.9. The first-order valence-electron chi connectivity index (χ1n) is 7.64. The summed E-state index contributed by atoms with van der Waals surface area (Å²) in [6, 6.07) is 11.6. The van der Waals surface area contributed by atoms with Crippen molar-refractivity contribution in [3.05, 3.63) is 52.5 Å². The van der Waals surface area contributed by atoms with E-state index in [4.69, 9.17) is 27.9 Å². The van der Waals surface area contributed by atoms with Crippen LogP contribution in [0.25, 0.3) is 0 Å². The van der Waals surface area contributed by atoms with Gasteiger partial charge >= 0.3 is 0 Å². The van der Waals surface area contributed by atoms with Gasteiger partial charge < -0.3 is 15.4 Å². The number of carbonyl (C=O) groups excluding carboxylic acids is 2. The van der Waals surface area contributed by atoms with Crippen LogP contribution in [0.3, 0.4) is 0 Å². The molecule has 2 aromatic carbocycles. The Labute approximate surface area is 156 Å². The van der Waals surface area contributed by atoms with Gasteiger partial charge in [0, 0.05) is 22.3 Å². The Balaban J connectivity index is 1.87. The van der Waals surface area contributed by atoms with Crippen LogP contribution in [-0.2, 0) is 9.59 Å². The molecule has 2 amide bonds. The zero-order valence-corrected chi connectivity index (χ0v) is 15.3. The van der Waals surface area contributed by atoms with Crippen molar-refractivity contribution >= 4 is 46.4 Å². The number of rotatable bonds is 6. The molecule has 132 valence electrons. The Morgan fingerprint density at radius 2 is 1.60 bits per heavy atom. The highest BCUT2D eigenvalue weighted by molar-refractivity contribution is 6.35. The van der Waals surface area contributed by atoms with E-state index in [1.165, 1.54) is 0 Å². The zero-order chi connectivity index (χ0) is 18.4. The van der Waals surface area contributed by atoms with Gasteiger partial charge in [0.1, 0.15) is 5.75 Å². The number of hydrogen-bond donors (Lipinski definition) is 2. The molecule has 0 aliphatic carbocycles. The number of carbonyl (C=O) groups is 2. The van der Waals surface area contributed by atoms with Crippen molar-refractivity contribution in [3.8, 4) is 5.75 Å². The number of hydrogen-bond acceptors (Lipinski definition) is 3. The van der Waals surface area contributed by atoms with Gasteiger partial charge in [0.15, 0.2) is 6.61 Å². The Bertz CT molecular complexity index is 761. The molecule has 0 saturated carbocycles. The molecule has 7 heteroatoms. The fourth-order valence-electron chi connectivity index (χ4n) is 1.86. The first-order chi connectivity index (χ1) is 11.8. The predicted molar refractivity (Wildman–Crippen MR) is 100 cm³/mol. The fourth-order valence-corrected chi connectivity index (χ4v) is 2.32. The van der Waals surface area contributed by atoms with E-state index < -0.39 is 0 Å². The second-order valence-corrected chi connectivity index (χ2v) is 6.48. The molecule has 0 fully saturated rings. The SMILES string of the molecule is CC(C)C(=O)Nc1ccc(NC(=O)COc2ccc(Cl)cc2Cl)cc1. The van der Waals surface area contributed by atoms with Crippen LogP contribution in [0, 0.1) is 5.92 Å². The molecule has 2 N–H and O–H groups in total. The third-order valence-corrected chi connectivity index (χ3v) is 3.74. The Morgan fingerprint density at radius 3 is 2.16 bits per heavy atom. The maximum Gasteiger partial charge on any atom is 0.262 e. The quantitative estimate of drug-likeness (QED) is 0.768. The van der Waals surface area contributed by atoms with Gasteiger partial charge in [-0.05, 0) is 42.5 Å². The number of nitrogens with one attached hydrogen (secondary N) is 2. The molecule has 0 atom stereocenters. The highest BCUT2D eigenvalue weighted by Crippen LogP contribution is 2.27. The molecule has 2 rings (SSSR count). The summed E-state index contributed by atoms with van der Waals surface area (Å²) in [6.07, 6.45) is 0. The van der Waals surface area contributed by atoms with Crippen LogP contribution >= 0.6 is 23.2 Å². The van der Waals surface area contributed by atoms with Crippen molar-refractivity contribution in [2.24, 2.45) is 5.92 Å². The van der Waals surface area contributed by atoms with Gasteiger partial charge in [0.05, 0.1) is 5.02 Å². The van der Waals surface area contributed by atoms with E-state index in [-0.39, 0.29) is 24.3 Å². The molecule has 0 bridgehead atoms. The second-order valence-electron chi connectivity index (χ2n) is 5.63. The predicted octanol–water partition coefficient (Wildman–Crippen LogP) is 4.61. The molecule has 0 spiro atoms. The minimum absolute atomic E-state index is 0.0648. The fraction of sp³-hybridized carbons (Fsp3) is 0.222. The van der Waals surface area contributed by atoms with Crippen LogP contribution in [0.4, 0.5) is 11.4 Å². The van der Waals surface area contributed by atoms with Gasteiger partial charge in [-0.25, -0.2) is 0 Å². The van der Waals surface area contributed by atoms with Gasteiger partial charge in [-0.1, -0.05) is 37.0 Å². The minimum atomic E-state index is -0.329. The lowest BCUT2D eigenvalue weighted by atomic mass is 10.2. The maximum absolute atomic E-state index is 11.9. The van der Waals surface area contributed by atoms with Crippen molar-refractivity contribution in [2.45, 2.75) is 13.8 Å². The molecule has 0 aliphatic heterocycles. The second kappa shape index (κ2) is 8.74. The zero-order valence-electron chi connectivity index (χ0n) is 13.8. The molecular formula is C18H18Cl2N2O3. The Kier molecular flexibility index (Phi) is 6.67. The van der Waals surface area contributed by atoms with Crippen LogP contribution in [0.5, 0.6) is 5.75 Å². The van der Waals surface area contributed by atoms with E-state index in [0.29, 0.717) is 27.2 Å². The van der Waals surface area contributed by atoms with Gasteiger partial charge in [-0.15, -0.1) is 0 Å². The summed E-state index contributed by atoms with van der Waals surface area (Å²) in [5.74, 6) is -0.112. The van der Waals surface area contributed by atoms with Crippen molar-refractivity contribution in [1.29, 1.82) is 0 Å². The minimum Gasteiger partial charge on any atom is -0.482 e. The average molecular weight is 381 g/mol. The standard InChI is InChI=1S/C18H18Cl2N2O3/c1-11(2)18(24)22-14-6-4-13(5-7-14)21-17(23)10-25-16-8-3-12(19)9-15(16)20/h3-9,11H,10H2,1-2H3,(H,21,23)(H,22,24). The monoisotopic (exact) mass is 380 g/mol. The highest BCUT2D eigenvalue weighted by atomic mass is 35.5. The molecule has 0 aliphatic rings. The molecule has 25 heavy (non-hydrogen) atoms. The molecule has 0 radical (unpaired) electrons. The van der Waals surface area contributed by atoms with E-state index >= 15 is 0 Å². The number of benzene rings is 2. The molecule has 0 unspecified atom stereocenters. The van der Waals surface area contributed by atoms with Crippen molar-refractivity contribution in [2.75, 3.05) is 17.2 Å². The summed E-state index contributed by atoms with van der Waals surface area (Å²) >= 11 is 11.8. The topological polar surface area (TPSA) is 67.4 Å². The van der Waals surface area contributed by atoms with Crippen molar-refractivity contribution in [3.63, 3.8) is 0 Å². The van der Waals surface area contributed by atoms with Gasteiger partial charge in [0.2, 0.25) is 5.91 Å². The smallest absolute Gasteiger partial charge is 0.262 e. The van der Waals surface area contributed by atoms with Crippen LogP contribution in [-0.4, -0.2) is 18.4 Å². The van der Waals surface area contributed by atoms with Crippen LogP contribution in [0.15, 0.2) is 42.5 Å². The van der Waals surface area contributed by atoms with Crippen LogP contribution < -0.4 is 15.4 Å². The van der Waals surface area contributed by atoms with E-state index in [1.807, 2.05) is 13.8 Å². The molecule has 0 aromatic heterocycles. The van der Waals surface area contributed by atoms with Gasteiger partial charge in [-0.3, -0.25) is 9.59 Å². The number of amides is 2. The first kappa shape index (κ1) is 19.1. The normalized spacial score (nSPS) is 10.4.